The molecule has 1 atom stereocenters. The predicted octanol–water partition coefficient (Wildman–Crippen LogP) is 4.20. The first-order chi connectivity index (χ1) is 8.79. The van der Waals surface area contributed by atoms with Crippen LogP contribution in [0.1, 0.15) is 63.5 Å². The van der Waals surface area contributed by atoms with Gasteiger partial charge in [0, 0.05) is 6.04 Å². The van der Waals surface area contributed by atoms with Crippen molar-refractivity contribution in [3.05, 3.63) is 29.8 Å². The molecule has 2 nitrogen and oxygen atoms in total. The van der Waals surface area contributed by atoms with E-state index in [0.29, 0.717) is 6.10 Å². The molecular formula is C16H25NO. The highest BCUT2D eigenvalue weighted by Gasteiger charge is 2.16. The Balaban J connectivity index is 1.95. The maximum absolute atomic E-state index is 6.20. The monoisotopic (exact) mass is 247 g/mol. The average molecular weight is 247 g/mol. The summed E-state index contributed by atoms with van der Waals surface area (Å²) in [6, 6.07) is 8.50. The lowest BCUT2D eigenvalue weighted by Crippen LogP contribution is -2.13. The first-order valence-electron chi connectivity index (χ1n) is 7.32. The fourth-order valence-electron chi connectivity index (χ4n) is 2.61. The van der Waals surface area contributed by atoms with Crippen molar-refractivity contribution in [2.24, 2.45) is 5.73 Å². The summed E-state index contributed by atoms with van der Waals surface area (Å²) in [6.07, 6.45) is 8.88. The second-order valence-corrected chi connectivity index (χ2v) is 5.35. The van der Waals surface area contributed by atoms with Gasteiger partial charge in [-0.25, -0.2) is 0 Å². The molecule has 1 aliphatic rings. The van der Waals surface area contributed by atoms with Gasteiger partial charge in [0.2, 0.25) is 0 Å². The quantitative estimate of drug-likeness (QED) is 0.817. The average Bonchev–Trinajstić information content (AvgIpc) is 2.89. The molecule has 1 aromatic carbocycles. The van der Waals surface area contributed by atoms with Gasteiger partial charge in [0.05, 0.1) is 6.10 Å². The van der Waals surface area contributed by atoms with Crippen LogP contribution in [0.15, 0.2) is 24.3 Å². The van der Waals surface area contributed by atoms with Crippen molar-refractivity contribution in [2.45, 2.75) is 64.0 Å². The summed E-state index contributed by atoms with van der Waals surface area (Å²) in [5, 5.41) is 0. The molecule has 0 unspecified atom stereocenters. The summed E-state index contributed by atoms with van der Waals surface area (Å²) < 4.78 is 6.02. The van der Waals surface area contributed by atoms with E-state index in [0.717, 1.165) is 12.2 Å². The fourth-order valence-corrected chi connectivity index (χ4v) is 2.61. The highest BCUT2D eigenvalue weighted by molar-refractivity contribution is 5.30. The minimum Gasteiger partial charge on any atom is -0.490 e. The molecule has 2 N–H and O–H groups in total. The molecule has 0 radical (unpaired) electrons. The topological polar surface area (TPSA) is 35.2 Å². The summed E-state index contributed by atoms with van der Waals surface area (Å²) in [4.78, 5) is 0. The Kier molecular flexibility index (Phi) is 5.06. The first-order valence-corrected chi connectivity index (χ1v) is 7.32. The van der Waals surface area contributed by atoms with Gasteiger partial charge < -0.3 is 10.5 Å². The molecule has 1 fully saturated rings. The predicted molar refractivity (Wildman–Crippen MR) is 75.8 cm³/mol. The van der Waals surface area contributed by atoms with Crippen molar-refractivity contribution in [3.8, 4) is 5.75 Å². The molecule has 18 heavy (non-hydrogen) atoms. The van der Waals surface area contributed by atoms with E-state index in [1.54, 1.807) is 0 Å². The van der Waals surface area contributed by atoms with Crippen LogP contribution in [0.4, 0.5) is 0 Å². The Bertz CT molecular complexity index is 358. The van der Waals surface area contributed by atoms with Crippen molar-refractivity contribution in [3.63, 3.8) is 0 Å². The summed E-state index contributed by atoms with van der Waals surface area (Å²) in [5.41, 5.74) is 7.41. The standard InChI is InChI=1S/C16H25NO/c1-2-3-11-16(17)13-7-6-10-15(12-13)18-14-8-4-5-9-14/h6-7,10,12,14,16H,2-5,8-9,11,17H2,1H3/t16-/m0/s1. The highest BCUT2D eigenvalue weighted by atomic mass is 16.5. The van der Waals surface area contributed by atoms with Gasteiger partial charge in [-0.05, 0) is 49.8 Å². The Morgan fingerprint density at radius 1 is 1.33 bits per heavy atom. The molecule has 1 aromatic rings. The third kappa shape index (κ3) is 3.74. The lowest BCUT2D eigenvalue weighted by atomic mass is 10.0. The van der Waals surface area contributed by atoms with Crippen LogP contribution in [0.25, 0.3) is 0 Å². The molecule has 2 heteroatoms. The van der Waals surface area contributed by atoms with Crippen molar-refractivity contribution < 1.29 is 4.74 Å². The zero-order valence-corrected chi connectivity index (χ0v) is 11.4. The third-order valence-electron chi connectivity index (χ3n) is 3.76. The molecule has 2 rings (SSSR count). The lowest BCUT2D eigenvalue weighted by molar-refractivity contribution is 0.209. The zero-order chi connectivity index (χ0) is 12.8. The van der Waals surface area contributed by atoms with Crippen LogP contribution < -0.4 is 10.5 Å². The van der Waals surface area contributed by atoms with Crippen molar-refractivity contribution in [2.75, 3.05) is 0 Å². The first kappa shape index (κ1) is 13.4. The molecule has 0 saturated heterocycles. The van der Waals surface area contributed by atoms with Crippen LogP contribution in [0, 0.1) is 0 Å². The van der Waals surface area contributed by atoms with E-state index in [2.05, 4.69) is 25.1 Å². The summed E-state index contributed by atoms with van der Waals surface area (Å²) in [6.45, 7) is 2.20. The largest absolute Gasteiger partial charge is 0.490 e. The normalized spacial score (nSPS) is 17.9. The van der Waals surface area contributed by atoms with Crippen LogP contribution in [0.5, 0.6) is 5.75 Å². The minimum absolute atomic E-state index is 0.150. The molecule has 0 amide bonds. The number of rotatable bonds is 6. The molecule has 0 bridgehead atoms. The van der Waals surface area contributed by atoms with E-state index < -0.39 is 0 Å². The highest BCUT2D eigenvalue weighted by Crippen LogP contribution is 2.26. The smallest absolute Gasteiger partial charge is 0.120 e. The molecule has 0 aliphatic heterocycles. The number of ether oxygens (including phenoxy) is 1. The van der Waals surface area contributed by atoms with Gasteiger partial charge in [-0.15, -0.1) is 0 Å². The van der Waals surface area contributed by atoms with Gasteiger partial charge in [0.25, 0.3) is 0 Å². The van der Waals surface area contributed by atoms with Gasteiger partial charge in [-0.1, -0.05) is 31.9 Å². The van der Waals surface area contributed by atoms with E-state index in [9.17, 15) is 0 Å². The van der Waals surface area contributed by atoms with Crippen molar-refractivity contribution >= 4 is 0 Å². The second-order valence-electron chi connectivity index (χ2n) is 5.35. The lowest BCUT2D eigenvalue weighted by Gasteiger charge is -2.16. The molecule has 0 spiro atoms. The van der Waals surface area contributed by atoms with E-state index in [1.807, 2.05) is 6.07 Å². The number of unbranched alkanes of at least 4 members (excludes halogenated alkanes) is 1. The molecule has 100 valence electrons. The van der Waals surface area contributed by atoms with E-state index in [-0.39, 0.29) is 6.04 Å². The number of nitrogens with two attached hydrogens (primary N) is 1. The fraction of sp³-hybridized carbons (Fsp3) is 0.625. The minimum atomic E-state index is 0.150. The van der Waals surface area contributed by atoms with Crippen LogP contribution >= 0.6 is 0 Å². The Morgan fingerprint density at radius 3 is 2.83 bits per heavy atom. The Morgan fingerprint density at radius 2 is 2.11 bits per heavy atom. The van der Waals surface area contributed by atoms with Crippen molar-refractivity contribution in [1.82, 2.24) is 0 Å². The molecular weight excluding hydrogens is 222 g/mol. The number of hydrogen-bond acceptors (Lipinski definition) is 2. The SMILES string of the molecule is CCCC[C@H](N)c1cccc(OC2CCCC2)c1. The van der Waals surface area contributed by atoms with Crippen LogP contribution in [0.2, 0.25) is 0 Å². The second kappa shape index (κ2) is 6.79. The Hall–Kier alpha value is -1.02. The number of benzene rings is 1. The maximum atomic E-state index is 6.20. The van der Waals surface area contributed by atoms with Gasteiger partial charge in [-0.3, -0.25) is 0 Å². The number of hydrogen-bond donors (Lipinski definition) is 1. The maximum Gasteiger partial charge on any atom is 0.120 e. The molecule has 0 heterocycles. The molecule has 1 aliphatic carbocycles. The van der Waals surface area contributed by atoms with E-state index >= 15 is 0 Å². The van der Waals surface area contributed by atoms with Gasteiger partial charge in [0.15, 0.2) is 0 Å². The van der Waals surface area contributed by atoms with Gasteiger partial charge >= 0.3 is 0 Å². The summed E-state index contributed by atoms with van der Waals surface area (Å²) in [5.74, 6) is 0.992. The summed E-state index contributed by atoms with van der Waals surface area (Å²) >= 11 is 0. The molecule has 1 saturated carbocycles. The summed E-state index contributed by atoms with van der Waals surface area (Å²) in [7, 11) is 0. The van der Waals surface area contributed by atoms with E-state index in [4.69, 9.17) is 10.5 Å². The van der Waals surface area contributed by atoms with Gasteiger partial charge in [0.1, 0.15) is 5.75 Å². The van der Waals surface area contributed by atoms with Gasteiger partial charge in [-0.2, -0.15) is 0 Å². The van der Waals surface area contributed by atoms with Crippen LogP contribution in [0.3, 0.4) is 0 Å². The van der Waals surface area contributed by atoms with E-state index in [1.165, 1.54) is 44.1 Å². The Labute approximate surface area is 111 Å². The molecule has 0 aromatic heterocycles. The third-order valence-corrected chi connectivity index (χ3v) is 3.76. The van der Waals surface area contributed by atoms with Crippen LogP contribution in [-0.2, 0) is 0 Å². The van der Waals surface area contributed by atoms with Crippen LogP contribution in [-0.4, -0.2) is 6.10 Å². The van der Waals surface area contributed by atoms with Crippen molar-refractivity contribution in [1.29, 1.82) is 0 Å². The zero-order valence-electron chi connectivity index (χ0n) is 11.4.